The van der Waals surface area contributed by atoms with Gasteiger partial charge in [-0.05, 0) is 60.2 Å². The third-order valence-corrected chi connectivity index (χ3v) is 4.39. The van der Waals surface area contributed by atoms with E-state index in [0.717, 1.165) is 22.6 Å². The van der Waals surface area contributed by atoms with Gasteiger partial charge in [0.25, 0.3) is 5.91 Å². The average Bonchev–Trinajstić information content (AvgIpc) is 2.82. The lowest BCUT2D eigenvalue weighted by molar-refractivity contribution is -0.113. The lowest BCUT2D eigenvalue weighted by Gasteiger charge is -2.14. The summed E-state index contributed by atoms with van der Waals surface area (Å²) in [5, 5.41) is 8.33. The van der Waals surface area contributed by atoms with Crippen LogP contribution in [0.15, 0.2) is 53.4 Å². The summed E-state index contributed by atoms with van der Waals surface area (Å²) in [5.41, 5.74) is 2.69. The van der Waals surface area contributed by atoms with Crippen LogP contribution in [0.1, 0.15) is 11.1 Å². The molecule has 1 saturated heterocycles. The Morgan fingerprint density at radius 1 is 1.17 bits per heavy atom. The fourth-order valence-electron chi connectivity index (χ4n) is 2.34. The maximum Gasteiger partial charge on any atom is 0.271 e. The number of anilines is 1. The van der Waals surface area contributed by atoms with Crippen molar-refractivity contribution in [3.05, 3.63) is 64.6 Å². The standard InChI is InChI=1S/C18H16N2O2S/c1-12-4-3-5-14(10-12)20-17(21)16(23-18(20)19)11-13-6-8-15(22-2)9-7-13/h3-11,19H,1-2H3/b16-11-,19-18?. The number of methoxy groups -OCH3 is 1. The summed E-state index contributed by atoms with van der Waals surface area (Å²) < 4.78 is 5.13. The lowest BCUT2D eigenvalue weighted by Crippen LogP contribution is -2.28. The van der Waals surface area contributed by atoms with Gasteiger partial charge in [0.05, 0.1) is 17.7 Å². The molecular formula is C18H16N2O2S. The van der Waals surface area contributed by atoms with Gasteiger partial charge in [0.2, 0.25) is 0 Å². The molecule has 0 saturated carbocycles. The van der Waals surface area contributed by atoms with Gasteiger partial charge >= 0.3 is 0 Å². The fraction of sp³-hybridized carbons (Fsp3) is 0.111. The quantitative estimate of drug-likeness (QED) is 0.866. The molecule has 1 fully saturated rings. The molecule has 0 unspecified atom stereocenters. The Labute approximate surface area is 139 Å². The second-order valence-electron chi connectivity index (χ2n) is 5.17. The highest BCUT2D eigenvalue weighted by Gasteiger charge is 2.33. The molecule has 0 atom stereocenters. The van der Waals surface area contributed by atoms with Crippen LogP contribution in [-0.4, -0.2) is 18.2 Å². The Balaban J connectivity index is 1.89. The predicted octanol–water partition coefficient (Wildman–Crippen LogP) is 4.06. The van der Waals surface area contributed by atoms with Crippen LogP contribution >= 0.6 is 11.8 Å². The molecule has 1 N–H and O–H groups in total. The van der Waals surface area contributed by atoms with Gasteiger partial charge < -0.3 is 4.74 Å². The second-order valence-corrected chi connectivity index (χ2v) is 6.20. The van der Waals surface area contributed by atoms with E-state index in [4.69, 9.17) is 10.1 Å². The number of rotatable bonds is 3. The van der Waals surface area contributed by atoms with Crippen LogP contribution in [0.3, 0.4) is 0 Å². The smallest absolute Gasteiger partial charge is 0.271 e. The van der Waals surface area contributed by atoms with Crippen molar-refractivity contribution >= 4 is 34.6 Å². The minimum Gasteiger partial charge on any atom is -0.497 e. The van der Waals surface area contributed by atoms with E-state index in [1.807, 2.05) is 55.5 Å². The number of amides is 1. The number of hydrogen-bond donors (Lipinski definition) is 1. The third kappa shape index (κ3) is 3.14. The molecule has 1 aliphatic heterocycles. The van der Waals surface area contributed by atoms with E-state index in [9.17, 15) is 4.79 Å². The Hall–Kier alpha value is -2.53. The van der Waals surface area contributed by atoms with Crippen LogP contribution < -0.4 is 9.64 Å². The predicted molar refractivity (Wildman–Crippen MR) is 95.0 cm³/mol. The molecule has 4 nitrogen and oxygen atoms in total. The number of ether oxygens (including phenoxy) is 1. The van der Waals surface area contributed by atoms with Gasteiger partial charge in [-0.25, -0.2) is 0 Å². The SMILES string of the molecule is COc1ccc(/C=C2\SC(=N)N(c3cccc(C)c3)C2=O)cc1. The molecule has 0 aromatic heterocycles. The Morgan fingerprint density at radius 2 is 1.91 bits per heavy atom. The normalized spacial score (nSPS) is 16.3. The molecule has 3 rings (SSSR count). The number of carbonyl (C=O) groups is 1. The molecule has 23 heavy (non-hydrogen) atoms. The van der Waals surface area contributed by atoms with E-state index < -0.39 is 0 Å². The Morgan fingerprint density at radius 3 is 2.57 bits per heavy atom. The number of amidine groups is 1. The first kappa shape index (κ1) is 15.4. The lowest BCUT2D eigenvalue weighted by atomic mass is 10.2. The summed E-state index contributed by atoms with van der Waals surface area (Å²) in [6.45, 7) is 1.97. The number of nitrogens with zero attached hydrogens (tertiary/aromatic N) is 1. The summed E-state index contributed by atoms with van der Waals surface area (Å²) in [7, 11) is 1.62. The molecule has 5 heteroatoms. The van der Waals surface area contributed by atoms with E-state index in [2.05, 4.69) is 0 Å². The van der Waals surface area contributed by atoms with E-state index >= 15 is 0 Å². The first-order valence-electron chi connectivity index (χ1n) is 7.12. The van der Waals surface area contributed by atoms with Crippen LogP contribution in [-0.2, 0) is 4.79 Å². The monoisotopic (exact) mass is 324 g/mol. The molecule has 1 amide bonds. The largest absolute Gasteiger partial charge is 0.497 e. The first-order valence-corrected chi connectivity index (χ1v) is 7.93. The van der Waals surface area contributed by atoms with Gasteiger partial charge in [-0.3, -0.25) is 15.1 Å². The number of carbonyl (C=O) groups excluding carboxylic acids is 1. The number of benzene rings is 2. The van der Waals surface area contributed by atoms with Gasteiger partial charge in [0, 0.05) is 0 Å². The molecule has 0 spiro atoms. The molecule has 0 aliphatic carbocycles. The zero-order valence-corrected chi connectivity index (χ0v) is 13.7. The highest BCUT2D eigenvalue weighted by Crippen LogP contribution is 2.35. The molecule has 1 aliphatic rings. The fourth-order valence-corrected chi connectivity index (χ4v) is 3.20. The van der Waals surface area contributed by atoms with E-state index in [1.165, 1.54) is 16.7 Å². The topological polar surface area (TPSA) is 53.4 Å². The molecule has 116 valence electrons. The van der Waals surface area contributed by atoms with Crippen molar-refractivity contribution in [2.45, 2.75) is 6.92 Å². The second kappa shape index (κ2) is 6.30. The average molecular weight is 324 g/mol. The van der Waals surface area contributed by atoms with Crippen LogP contribution in [0.5, 0.6) is 5.75 Å². The van der Waals surface area contributed by atoms with Crippen molar-refractivity contribution < 1.29 is 9.53 Å². The van der Waals surface area contributed by atoms with Crippen molar-refractivity contribution in [2.75, 3.05) is 12.0 Å². The number of thioether (sulfide) groups is 1. The van der Waals surface area contributed by atoms with Gasteiger partial charge in [-0.15, -0.1) is 0 Å². The van der Waals surface area contributed by atoms with Crippen molar-refractivity contribution in [3.63, 3.8) is 0 Å². The molecule has 1 heterocycles. The van der Waals surface area contributed by atoms with Crippen LogP contribution in [0.25, 0.3) is 6.08 Å². The van der Waals surface area contributed by atoms with E-state index in [0.29, 0.717) is 4.91 Å². The summed E-state index contributed by atoms with van der Waals surface area (Å²) in [6.07, 6.45) is 1.80. The Bertz CT molecular complexity index is 797. The Kier molecular flexibility index (Phi) is 4.21. The van der Waals surface area contributed by atoms with E-state index in [-0.39, 0.29) is 11.1 Å². The maximum absolute atomic E-state index is 12.6. The van der Waals surface area contributed by atoms with Crippen molar-refractivity contribution in [1.82, 2.24) is 0 Å². The molecule has 2 aromatic rings. The zero-order valence-electron chi connectivity index (χ0n) is 12.9. The number of hydrogen-bond acceptors (Lipinski definition) is 4. The minimum absolute atomic E-state index is 0.165. The van der Waals surface area contributed by atoms with Crippen LogP contribution in [0.2, 0.25) is 0 Å². The molecule has 0 radical (unpaired) electrons. The van der Waals surface area contributed by atoms with Crippen molar-refractivity contribution in [2.24, 2.45) is 0 Å². The number of aryl methyl sites for hydroxylation is 1. The van der Waals surface area contributed by atoms with E-state index in [1.54, 1.807) is 13.2 Å². The highest BCUT2D eigenvalue weighted by atomic mass is 32.2. The van der Waals surface area contributed by atoms with Gasteiger partial charge in [-0.2, -0.15) is 0 Å². The first-order chi connectivity index (χ1) is 11.1. The third-order valence-electron chi connectivity index (χ3n) is 3.50. The summed E-state index contributed by atoms with van der Waals surface area (Å²) in [4.78, 5) is 14.6. The van der Waals surface area contributed by atoms with Crippen LogP contribution in [0, 0.1) is 12.3 Å². The summed E-state index contributed by atoms with van der Waals surface area (Å²) in [6, 6.07) is 15.1. The molecular weight excluding hydrogens is 308 g/mol. The van der Waals surface area contributed by atoms with Gasteiger partial charge in [0.1, 0.15) is 5.75 Å². The highest BCUT2D eigenvalue weighted by molar-refractivity contribution is 8.19. The van der Waals surface area contributed by atoms with Crippen molar-refractivity contribution in [3.8, 4) is 5.75 Å². The van der Waals surface area contributed by atoms with Gasteiger partial charge in [0.15, 0.2) is 5.17 Å². The van der Waals surface area contributed by atoms with Crippen molar-refractivity contribution in [1.29, 1.82) is 5.41 Å². The van der Waals surface area contributed by atoms with Crippen LogP contribution in [0.4, 0.5) is 5.69 Å². The summed E-state index contributed by atoms with van der Waals surface area (Å²) >= 11 is 1.18. The minimum atomic E-state index is -0.165. The molecule has 2 aromatic carbocycles. The summed E-state index contributed by atoms with van der Waals surface area (Å²) in [5.74, 6) is 0.605. The number of nitrogens with one attached hydrogen (secondary N) is 1. The zero-order chi connectivity index (χ0) is 16.4. The maximum atomic E-state index is 12.6. The molecule has 0 bridgehead atoms. The van der Waals surface area contributed by atoms with Gasteiger partial charge in [-0.1, -0.05) is 24.3 Å².